The Morgan fingerprint density at radius 1 is 1.00 bits per heavy atom. The SMILES string of the molecule is O=S1(=O)CC[C@@H](N(Cc2cccc(F)c2)[C@H]2CCS(=O)(=O)C2)C1. The number of rotatable bonds is 4. The van der Waals surface area contributed by atoms with Gasteiger partial charge in [0.2, 0.25) is 0 Å². The molecule has 0 amide bonds. The second-order valence-electron chi connectivity index (χ2n) is 6.42. The molecule has 2 saturated heterocycles. The van der Waals surface area contributed by atoms with Crippen molar-refractivity contribution in [1.29, 1.82) is 0 Å². The molecule has 2 aliphatic rings. The van der Waals surface area contributed by atoms with Gasteiger partial charge in [-0.05, 0) is 30.5 Å². The van der Waals surface area contributed by atoms with Crippen LogP contribution in [0.5, 0.6) is 0 Å². The molecule has 3 rings (SSSR count). The predicted molar refractivity (Wildman–Crippen MR) is 86.1 cm³/mol. The average Bonchev–Trinajstić information content (AvgIpc) is 2.98. The molecular formula is C15H20FNO4S2. The van der Waals surface area contributed by atoms with Crippen molar-refractivity contribution in [3.8, 4) is 0 Å². The Kier molecular flexibility index (Phi) is 4.50. The van der Waals surface area contributed by atoms with Crippen molar-refractivity contribution in [2.75, 3.05) is 23.0 Å². The van der Waals surface area contributed by atoms with Crippen molar-refractivity contribution in [3.63, 3.8) is 0 Å². The lowest BCUT2D eigenvalue weighted by molar-refractivity contribution is 0.150. The Labute approximate surface area is 136 Å². The normalized spacial score (nSPS) is 29.1. The van der Waals surface area contributed by atoms with E-state index in [-0.39, 0.29) is 40.9 Å². The molecule has 0 bridgehead atoms. The van der Waals surface area contributed by atoms with Gasteiger partial charge in [0.15, 0.2) is 19.7 Å². The van der Waals surface area contributed by atoms with Crippen LogP contribution in [0.3, 0.4) is 0 Å². The second kappa shape index (κ2) is 6.14. The number of hydrogen-bond acceptors (Lipinski definition) is 5. The fraction of sp³-hybridized carbons (Fsp3) is 0.600. The molecule has 0 unspecified atom stereocenters. The summed E-state index contributed by atoms with van der Waals surface area (Å²) in [6, 6.07) is 5.78. The highest BCUT2D eigenvalue weighted by molar-refractivity contribution is 7.92. The maximum Gasteiger partial charge on any atom is 0.151 e. The number of hydrogen-bond donors (Lipinski definition) is 0. The van der Waals surface area contributed by atoms with Crippen molar-refractivity contribution < 1.29 is 21.2 Å². The van der Waals surface area contributed by atoms with Gasteiger partial charge in [-0.25, -0.2) is 21.2 Å². The van der Waals surface area contributed by atoms with E-state index in [0.717, 1.165) is 5.56 Å². The first kappa shape index (κ1) is 16.9. The summed E-state index contributed by atoms with van der Waals surface area (Å²) in [7, 11) is -6.13. The Hall–Kier alpha value is -0.990. The van der Waals surface area contributed by atoms with Crippen LogP contribution < -0.4 is 0 Å². The van der Waals surface area contributed by atoms with Gasteiger partial charge >= 0.3 is 0 Å². The van der Waals surface area contributed by atoms with Gasteiger partial charge in [0.05, 0.1) is 23.0 Å². The van der Waals surface area contributed by atoms with E-state index < -0.39 is 19.7 Å². The van der Waals surface area contributed by atoms with Crippen molar-refractivity contribution in [3.05, 3.63) is 35.6 Å². The van der Waals surface area contributed by atoms with Crippen LogP contribution in [0.1, 0.15) is 18.4 Å². The molecule has 2 fully saturated rings. The predicted octanol–water partition coefficient (Wildman–Crippen LogP) is 1.00. The highest BCUT2D eigenvalue weighted by atomic mass is 32.2. The molecule has 2 aliphatic heterocycles. The zero-order valence-corrected chi connectivity index (χ0v) is 14.3. The zero-order chi connectivity index (χ0) is 16.7. The van der Waals surface area contributed by atoms with Crippen LogP contribution >= 0.6 is 0 Å². The summed E-state index contributed by atoms with van der Waals surface area (Å²) in [5.74, 6) is 0.0335. The summed E-state index contributed by atoms with van der Waals surface area (Å²) in [6.45, 7) is 0.373. The van der Waals surface area contributed by atoms with Crippen LogP contribution in [-0.4, -0.2) is 56.8 Å². The van der Waals surface area contributed by atoms with E-state index in [1.807, 2.05) is 4.90 Å². The summed E-state index contributed by atoms with van der Waals surface area (Å²) in [5, 5.41) is 0. The van der Waals surface area contributed by atoms with Crippen molar-refractivity contribution >= 4 is 19.7 Å². The van der Waals surface area contributed by atoms with Crippen LogP contribution in [0.25, 0.3) is 0 Å². The standard InChI is InChI=1S/C15H20FNO4S2/c16-13-3-1-2-12(8-13)9-17(14-4-6-22(18,19)10-14)15-5-7-23(20,21)11-15/h1-3,8,14-15H,4-7,9-11H2/t14-,15+. The largest absolute Gasteiger partial charge is 0.291 e. The quantitative estimate of drug-likeness (QED) is 0.800. The van der Waals surface area contributed by atoms with E-state index in [1.54, 1.807) is 12.1 Å². The molecule has 2 heterocycles. The number of nitrogens with zero attached hydrogens (tertiary/aromatic N) is 1. The molecule has 0 radical (unpaired) electrons. The lowest BCUT2D eigenvalue weighted by Gasteiger charge is -2.33. The fourth-order valence-electron chi connectivity index (χ4n) is 3.48. The van der Waals surface area contributed by atoms with Gasteiger partial charge < -0.3 is 0 Å². The summed E-state index contributed by atoms with van der Waals surface area (Å²) in [5.41, 5.74) is 0.735. The maximum absolute atomic E-state index is 13.4. The molecule has 5 nitrogen and oxygen atoms in total. The lowest BCUT2D eigenvalue weighted by atomic mass is 10.1. The van der Waals surface area contributed by atoms with E-state index in [4.69, 9.17) is 0 Å². The van der Waals surface area contributed by atoms with Crippen molar-refractivity contribution in [2.45, 2.75) is 31.5 Å². The molecule has 0 spiro atoms. The molecule has 1 aromatic carbocycles. The number of halogens is 1. The molecule has 2 atom stereocenters. The highest BCUT2D eigenvalue weighted by Crippen LogP contribution is 2.27. The van der Waals surface area contributed by atoms with Crippen LogP contribution in [0, 0.1) is 5.82 Å². The van der Waals surface area contributed by atoms with Crippen molar-refractivity contribution in [2.24, 2.45) is 0 Å². The van der Waals surface area contributed by atoms with Crippen LogP contribution in [0.2, 0.25) is 0 Å². The summed E-state index contributed by atoms with van der Waals surface area (Å²) >= 11 is 0. The summed E-state index contributed by atoms with van der Waals surface area (Å²) in [4.78, 5) is 1.96. The van der Waals surface area contributed by atoms with Gasteiger partial charge in [-0.15, -0.1) is 0 Å². The minimum absolute atomic E-state index is 0.0544. The van der Waals surface area contributed by atoms with E-state index in [0.29, 0.717) is 19.4 Å². The van der Waals surface area contributed by atoms with Gasteiger partial charge in [-0.1, -0.05) is 12.1 Å². The molecule has 0 aromatic heterocycles. The van der Waals surface area contributed by atoms with Gasteiger partial charge in [0.25, 0.3) is 0 Å². The van der Waals surface area contributed by atoms with Gasteiger partial charge in [0, 0.05) is 18.6 Å². The Balaban J connectivity index is 1.84. The van der Waals surface area contributed by atoms with E-state index in [9.17, 15) is 21.2 Å². The third-order valence-electron chi connectivity index (χ3n) is 4.61. The Bertz CT molecular complexity index is 747. The smallest absolute Gasteiger partial charge is 0.151 e. The first-order valence-electron chi connectivity index (χ1n) is 7.65. The Morgan fingerprint density at radius 2 is 1.57 bits per heavy atom. The summed E-state index contributed by atoms with van der Waals surface area (Å²) < 4.78 is 60.6. The van der Waals surface area contributed by atoms with Gasteiger partial charge in [-0.3, -0.25) is 4.90 Å². The first-order valence-corrected chi connectivity index (χ1v) is 11.3. The van der Waals surface area contributed by atoms with Gasteiger partial charge in [-0.2, -0.15) is 0 Å². The molecule has 1 aromatic rings. The topological polar surface area (TPSA) is 71.5 Å². The Morgan fingerprint density at radius 3 is 2.00 bits per heavy atom. The molecule has 0 aliphatic carbocycles. The molecule has 8 heteroatoms. The monoisotopic (exact) mass is 361 g/mol. The van der Waals surface area contributed by atoms with Crippen molar-refractivity contribution in [1.82, 2.24) is 4.90 Å². The summed E-state index contributed by atoms with van der Waals surface area (Å²) in [6.07, 6.45) is 1.02. The zero-order valence-electron chi connectivity index (χ0n) is 12.7. The number of benzene rings is 1. The molecule has 23 heavy (non-hydrogen) atoms. The van der Waals surface area contributed by atoms with Crippen LogP contribution in [-0.2, 0) is 26.2 Å². The fourth-order valence-corrected chi connectivity index (χ4v) is 6.96. The van der Waals surface area contributed by atoms with Crippen LogP contribution in [0.15, 0.2) is 24.3 Å². The first-order chi connectivity index (χ1) is 10.7. The molecular weight excluding hydrogens is 341 g/mol. The minimum Gasteiger partial charge on any atom is -0.291 e. The van der Waals surface area contributed by atoms with E-state index >= 15 is 0 Å². The van der Waals surface area contributed by atoms with Gasteiger partial charge in [0.1, 0.15) is 5.82 Å². The third-order valence-corrected chi connectivity index (χ3v) is 8.11. The maximum atomic E-state index is 13.4. The highest BCUT2D eigenvalue weighted by Gasteiger charge is 2.39. The van der Waals surface area contributed by atoms with Crippen LogP contribution in [0.4, 0.5) is 4.39 Å². The minimum atomic E-state index is -3.06. The molecule has 0 saturated carbocycles. The molecule has 0 N–H and O–H groups in total. The third kappa shape index (κ3) is 4.10. The van der Waals surface area contributed by atoms with E-state index in [1.165, 1.54) is 12.1 Å². The number of sulfone groups is 2. The average molecular weight is 361 g/mol. The lowest BCUT2D eigenvalue weighted by Crippen LogP contribution is -2.44. The van der Waals surface area contributed by atoms with E-state index in [2.05, 4.69) is 0 Å². The molecule has 128 valence electrons. The second-order valence-corrected chi connectivity index (χ2v) is 10.9.